The Morgan fingerprint density at radius 2 is 1.62 bits per heavy atom. The molecule has 6 heteroatoms. The van der Waals surface area contributed by atoms with E-state index in [1.54, 1.807) is 11.1 Å². The molecule has 2 heterocycles. The van der Waals surface area contributed by atoms with Crippen molar-refractivity contribution in [2.75, 3.05) is 32.7 Å². The lowest BCUT2D eigenvalue weighted by molar-refractivity contribution is -1.02. The third-order valence-corrected chi connectivity index (χ3v) is 6.89. The number of para-hydroxylation sites is 1. The number of piperazine rings is 1. The molecule has 3 N–H and O–H groups in total. The number of aryl methyl sites for hydroxylation is 1. The molecule has 4 aromatic rings. The molecule has 6 nitrogen and oxygen atoms in total. The third-order valence-electron chi connectivity index (χ3n) is 6.89. The van der Waals surface area contributed by atoms with Gasteiger partial charge < -0.3 is 14.4 Å². The van der Waals surface area contributed by atoms with E-state index in [-0.39, 0.29) is 5.91 Å². The highest BCUT2D eigenvalue weighted by Crippen LogP contribution is 2.29. The Morgan fingerprint density at radius 1 is 0.912 bits per heavy atom. The number of rotatable bonds is 7. The largest absolute Gasteiger partial charge is 0.341 e. The maximum absolute atomic E-state index is 12.4. The molecular weight excluding hydrogens is 422 g/mol. The minimum absolute atomic E-state index is 0.0265. The number of hydrazone groups is 1. The molecule has 0 saturated carbocycles. The Morgan fingerprint density at radius 3 is 2.41 bits per heavy atom. The first-order valence-electron chi connectivity index (χ1n) is 12.2. The Bertz CT molecular complexity index is 1300. The van der Waals surface area contributed by atoms with Crippen molar-refractivity contribution < 1.29 is 14.6 Å². The predicted octanol–water partition coefficient (Wildman–Crippen LogP) is 1.25. The average molecular weight is 456 g/mol. The molecule has 1 aliphatic rings. The summed E-state index contributed by atoms with van der Waals surface area (Å²) >= 11 is 0. The zero-order valence-electron chi connectivity index (χ0n) is 19.8. The first-order valence-corrected chi connectivity index (χ1v) is 12.2. The van der Waals surface area contributed by atoms with Gasteiger partial charge in [0.05, 0.1) is 6.21 Å². The number of hydrogen-bond acceptors (Lipinski definition) is 2. The van der Waals surface area contributed by atoms with E-state index >= 15 is 0 Å². The van der Waals surface area contributed by atoms with Crippen molar-refractivity contribution in [3.8, 4) is 0 Å². The van der Waals surface area contributed by atoms with E-state index < -0.39 is 0 Å². The van der Waals surface area contributed by atoms with E-state index in [0.29, 0.717) is 6.54 Å². The van der Waals surface area contributed by atoms with Gasteiger partial charge in [0.15, 0.2) is 6.54 Å². The molecule has 3 aromatic carbocycles. The van der Waals surface area contributed by atoms with Crippen LogP contribution in [0.5, 0.6) is 0 Å². The lowest BCUT2D eigenvalue weighted by Crippen LogP contribution is -3.28. The van der Waals surface area contributed by atoms with Crippen LogP contribution in [-0.2, 0) is 17.9 Å². The Balaban J connectivity index is 1.15. The second kappa shape index (κ2) is 10.2. The molecule has 34 heavy (non-hydrogen) atoms. The van der Waals surface area contributed by atoms with Crippen molar-refractivity contribution in [2.24, 2.45) is 5.10 Å². The van der Waals surface area contributed by atoms with Crippen molar-refractivity contribution in [3.05, 3.63) is 83.9 Å². The molecule has 1 amide bonds. The van der Waals surface area contributed by atoms with Crippen molar-refractivity contribution in [2.45, 2.75) is 20.0 Å². The number of carbonyl (C=O) groups is 1. The van der Waals surface area contributed by atoms with Gasteiger partial charge in [0.25, 0.3) is 5.91 Å². The first-order chi connectivity index (χ1) is 16.7. The average Bonchev–Trinajstić information content (AvgIpc) is 3.19. The van der Waals surface area contributed by atoms with Crippen LogP contribution in [0.2, 0.25) is 0 Å². The normalized spacial score (nSPS) is 18.6. The van der Waals surface area contributed by atoms with Crippen LogP contribution >= 0.6 is 0 Å². The molecule has 1 saturated heterocycles. The van der Waals surface area contributed by atoms with E-state index in [2.05, 4.69) is 94.8 Å². The standard InChI is InChI=1S/C28H31N5O/c1-2-33-26-11-7-6-10-24(26)25-18-23(12-13-27(25)33)19-29-30-28(34)21-32-16-14-31(15-17-32)20-22-8-4-3-5-9-22/h3-13,18-19H,2,14-17,20-21H2,1H3,(H,30,34)/p+2. The number of nitrogens with zero attached hydrogens (tertiary/aromatic N) is 2. The Labute approximate surface area is 200 Å². The van der Waals surface area contributed by atoms with Crippen molar-refractivity contribution in [1.29, 1.82) is 0 Å². The number of hydrogen-bond donors (Lipinski definition) is 3. The molecule has 1 aliphatic heterocycles. The lowest BCUT2D eigenvalue weighted by Gasteiger charge is -2.29. The van der Waals surface area contributed by atoms with Gasteiger partial charge in [-0.05, 0) is 30.7 Å². The van der Waals surface area contributed by atoms with E-state index in [0.717, 1.165) is 44.8 Å². The van der Waals surface area contributed by atoms with Crippen LogP contribution in [0.3, 0.4) is 0 Å². The summed E-state index contributed by atoms with van der Waals surface area (Å²) in [6.07, 6.45) is 1.74. The summed E-state index contributed by atoms with van der Waals surface area (Å²) in [5, 5.41) is 6.70. The molecule has 0 radical (unpaired) electrons. The number of carbonyl (C=O) groups excluding carboxylic acids is 1. The topological polar surface area (TPSA) is 55.3 Å². The van der Waals surface area contributed by atoms with Crippen LogP contribution in [0, 0.1) is 0 Å². The zero-order valence-corrected chi connectivity index (χ0v) is 19.8. The summed E-state index contributed by atoms with van der Waals surface area (Å²) in [5.41, 5.74) is 7.56. The molecule has 0 atom stereocenters. The van der Waals surface area contributed by atoms with Crippen LogP contribution in [0.15, 0.2) is 77.9 Å². The number of quaternary nitrogens is 2. The van der Waals surface area contributed by atoms with Gasteiger partial charge >= 0.3 is 0 Å². The molecule has 0 unspecified atom stereocenters. The fourth-order valence-corrected chi connectivity index (χ4v) is 5.13. The van der Waals surface area contributed by atoms with Gasteiger partial charge in [0.2, 0.25) is 0 Å². The molecular formula is C28H33N5O+2. The van der Waals surface area contributed by atoms with Gasteiger partial charge in [-0.15, -0.1) is 0 Å². The monoisotopic (exact) mass is 455 g/mol. The fourth-order valence-electron chi connectivity index (χ4n) is 5.13. The lowest BCUT2D eigenvalue weighted by atomic mass is 10.1. The quantitative estimate of drug-likeness (QED) is 0.285. The summed E-state index contributed by atoms with van der Waals surface area (Å²) in [7, 11) is 0. The number of fused-ring (bicyclic) bond motifs is 3. The van der Waals surface area contributed by atoms with E-state index in [4.69, 9.17) is 0 Å². The Kier molecular flexibility index (Phi) is 6.70. The van der Waals surface area contributed by atoms with Gasteiger partial charge in [-0.1, -0.05) is 54.6 Å². The van der Waals surface area contributed by atoms with Crippen molar-refractivity contribution >= 4 is 33.9 Å². The number of benzene rings is 3. The molecule has 174 valence electrons. The SMILES string of the molecule is CCn1c2ccccc2c2cc(C=NNC(=O)C[NH+]3CC[NH+](Cc4ccccc4)CC3)ccc21. The van der Waals surface area contributed by atoms with Crippen molar-refractivity contribution in [1.82, 2.24) is 9.99 Å². The van der Waals surface area contributed by atoms with E-state index in [1.807, 2.05) is 0 Å². The number of aromatic nitrogens is 1. The zero-order chi connectivity index (χ0) is 23.3. The van der Waals surface area contributed by atoms with Crippen LogP contribution in [-0.4, -0.2) is 49.4 Å². The minimum atomic E-state index is -0.0265. The third kappa shape index (κ3) is 4.88. The summed E-state index contributed by atoms with van der Waals surface area (Å²) in [6.45, 7) is 8.83. The molecule has 0 aliphatic carbocycles. The molecule has 0 spiro atoms. The van der Waals surface area contributed by atoms with Crippen LogP contribution in [0.25, 0.3) is 21.8 Å². The smallest absolute Gasteiger partial charge is 0.295 e. The van der Waals surface area contributed by atoms with Gasteiger partial charge in [-0.3, -0.25) is 4.79 Å². The molecule has 1 fully saturated rings. The van der Waals surface area contributed by atoms with E-state index in [1.165, 1.54) is 32.3 Å². The van der Waals surface area contributed by atoms with Gasteiger partial charge in [0.1, 0.15) is 32.7 Å². The first kappa shape index (κ1) is 22.3. The second-order valence-electron chi connectivity index (χ2n) is 9.17. The van der Waals surface area contributed by atoms with Crippen LogP contribution in [0.1, 0.15) is 18.1 Å². The van der Waals surface area contributed by atoms with Crippen LogP contribution < -0.4 is 15.2 Å². The predicted molar refractivity (Wildman–Crippen MR) is 137 cm³/mol. The summed E-state index contributed by atoms with van der Waals surface area (Å²) in [6, 6.07) is 25.5. The fraction of sp³-hybridized carbons (Fsp3) is 0.286. The maximum atomic E-state index is 12.4. The Hall–Kier alpha value is -3.48. The van der Waals surface area contributed by atoms with Crippen LogP contribution in [0.4, 0.5) is 0 Å². The number of nitrogens with one attached hydrogen (secondary N) is 3. The summed E-state index contributed by atoms with van der Waals surface area (Å²) in [4.78, 5) is 15.4. The highest BCUT2D eigenvalue weighted by Gasteiger charge is 2.24. The van der Waals surface area contributed by atoms with Crippen molar-refractivity contribution in [3.63, 3.8) is 0 Å². The van der Waals surface area contributed by atoms with E-state index in [9.17, 15) is 4.79 Å². The molecule has 5 rings (SSSR count). The molecule has 1 aromatic heterocycles. The second-order valence-corrected chi connectivity index (χ2v) is 9.17. The number of amides is 1. The van der Waals surface area contributed by atoms with Gasteiger partial charge in [-0.2, -0.15) is 5.10 Å². The maximum Gasteiger partial charge on any atom is 0.295 e. The minimum Gasteiger partial charge on any atom is -0.341 e. The highest BCUT2D eigenvalue weighted by atomic mass is 16.2. The molecule has 0 bridgehead atoms. The van der Waals surface area contributed by atoms with Gasteiger partial charge in [-0.25, -0.2) is 5.43 Å². The highest BCUT2D eigenvalue weighted by molar-refractivity contribution is 6.09. The summed E-state index contributed by atoms with van der Waals surface area (Å²) in [5.74, 6) is -0.0265. The van der Waals surface area contributed by atoms with Gasteiger partial charge in [0, 0.05) is 33.9 Å². The summed E-state index contributed by atoms with van der Waals surface area (Å²) < 4.78 is 2.33.